The number of hydrogen-bond donors (Lipinski definition) is 1. The molecular formula is C27H35N3O2. The molecule has 5 nitrogen and oxygen atoms in total. The lowest BCUT2D eigenvalue weighted by molar-refractivity contribution is -0.206. The Morgan fingerprint density at radius 1 is 1.25 bits per heavy atom. The molecule has 1 spiro atoms. The van der Waals surface area contributed by atoms with Crippen LogP contribution in [-0.4, -0.2) is 41.0 Å². The van der Waals surface area contributed by atoms with Gasteiger partial charge in [0.2, 0.25) is 0 Å². The van der Waals surface area contributed by atoms with Crippen molar-refractivity contribution in [3.63, 3.8) is 0 Å². The van der Waals surface area contributed by atoms with Crippen LogP contribution in [0, 0.1) is 19.3 Å². The SMILES string of the molecule is CCc1ccc(C(=O)NC2CC3N(C(C)c4ccc(OC)c(C)c4C)C4CCC43C2)nc1. The standard InChI is InChI=1S/C27H35N3O2/c1-6-19-7-9-22(28-15-19)26(31)29-20-13-25-27(14-20)12-11-24(27)30(25)18(4)21-8-10-23(32-5)17(3)16(21)2/h7-10,15,18,20,24-25H,6,11-14H2,1-5H3,(H,29,31). The van der Waals surface area contributed by atoms with E-state index >= 15 is 0 Å². The Morgan fingerprint density at radius 2 is 2.06 bits per heavy atom. The molecule has 2 aliphatic carbocycles. The predicted octanol–water partition coefficient (Wildman–Crippen LogP) is 4.76. The molecule has 32 heavy (non-hydrogen) atoms. The van der Waals surface area contributed by atoms with Gasteiger partial charge in [-0.1, -0.05) is 19.1 Å². The van der Waals surface area contributed by atoms with E-state index in [0.717, 1.165) is 30.6 Å². The molecule has 5 atom stereocenters. The molecule has 3 fully saturated rings. The Labute approximate surface area is 191 Å². The number of nitrogens with one attached hydrogen (secondary N) is 1. The summed E-state index contributed by atoms with van der Waals surface area (Å²) in [4.78, 5) is 19.9. The van der Waals surface area contributed by atoms with Crippen molar-refractivity contribution >= 4 is 5.91 Å². The highest BCUT2D eigenvalue weighted by Gasteiger charge is 2.70. The minimum atomic E-state index is -0.0348. The van der Waals surface area contributed by atoms with Gasteiger partial charge in [0.25, 0.3) is 5.91 Å². The third-order valence-corrected chi connectivity index (χ3v) is 8.76. The van der Waals surface area contributed by atoms with Crippen LogP contribution in [0.1, 0.15) is 78.3 Å². The molecule has 1 aromatic heterocycles. The lowest BCUT2D eigenvalue weighted by Crippen LogP contribution is -2.74. The summed E-state index contributed by atoms with van der Waals surface area (Å²) in [5.74, 6) is 0.928. The van der Waals surface area contributed by atoms with Gasteiger partial charge in [-0.05, 0) is 87.3 Å². The second-order valence-corrected chi connectivity index (χ2v) is 10.0. The molecule has 0 radical (unpaired) electrons. The molecule has 5 rings (SSSR count). The zero-order valence-electron chi connectivity index (χ0n) is 19.9. The van der Waals surface area contributed by atoms with E-state index in [4.69, 9.17) is 4.74 Å². The molecule has 0 bridgehead atoms. The second kappa shape index (κ2) is 7.87. The maximum Gasteiger partial charge on any atom is 0.270 e. The first-order valence-electron chi connectivity index (χ1n) is 12.1. The van der Waals surface area contributed by atoms with Crippen LogP contribution in [0.2, 0.25) is 0 Å². The van der Waals surface area contributed by atoms with Crippen molar-refractivity contribution in [3.05, 3.63) is 58.4 Å². The maximum absolute atomic E-state index is 12.8. The zero-order valence-corrected chi connectivity index (χ0v) is 19.9. The van der Waals surface area contributed by atoms with Gasteiger partial charge in [0.05, 0.1) is 7.11 Å². The van der Waals surface area contributed by atoms with Crippen LogP contribution < -0.4 is 10.1 Å². The summed E-state index contributed by atoms with van der Waals surface area (Å²) in [5, 5.41) is 3.30. The first-order valence-corrected chi connectivity index (χ1v) is 12.1. The number of carbonyl (C=O) groups excluding carboxylic acids is 1. The van der Waals surface area contributed by atoms with Gasteiger partial charge >= 0.3 is 0 Å². The van der Waals surface area contributed by atoms with Gasteiger partial charge in [0, 0.05) is 35.8 Å². The quantitative estimate of drug-likeness (QED) is 0.714. The van der Waals surface area contributed by atoms with Crippen molar-refractivity contribution in [2.45, 2.75) is 84.0 Å². The van der Waals surface area contributed by atoms with Crippen molar-refractivity contribution in [2.24, 2.45) is 5.41 Å². The van der Waals surface area contributed by atoms with Gasteiger partial charge in [-0.25, -0.2) is 0 Å². The lowest BCUT2D eigenvalue weighted by Gasteiger charge is -2.70. The van der Waals surface area contributed by atoms with Gasteiger partial charge in [0.15, 0.2) is 0 Å². The normalized spacial score (nSPS) is 29.3. The van der Waals surface area contributed by atoms with Crippen LogP contribution in [0.15, 0.2) is 30.5 Å². The van der Waals surface area contributed by atoms with Crippen molar-refractivity contribution in [1.29, 1.82) is 0 Å². The van der Waals surface area contributed by atoms with E-state index in [1.807, 2.05) is 18.3 Å². The molecule has 3 aliphatic rings. The van der Waals surface area contributed by atoms with Gasteiger partial charge in [0.1, 0.15) is 11.4 Å². The minimum absolute atomic E-state index is 0.0348. The van der Waals surface area contributed by atoms with Crippen molar-refractivity contribution < 1.29 is 9.53 Å². The summed E-state index contributed by atoms with van der Waals surface area (Å²) < 4.78 is 5.52. The second-order valence-electron chi connectivity index (χ2n) is 10.0. The number of methoxy groups -OCH3 is 1. The number of hydrogen-bond acceptors (Lipinski definition) is 4. The fourth-order valence-corrected chi connectivity index (χ4v) is 6.78. The predicted molar refractivity (Wildman–Crippen MR) is 126 cm³/mol. The van der Waals surface area contributed by atoms with Crippen molar-refractivity contribution in [3.8, 4) is 5.75 Å². The molecule has 1 saturated heterocycles. The Bertz CT molecular complexity index is 1030. The largest absolute Gasteiger partial charge is 0.496 e. The topological polar surface area (TPSA) is 54.5 Å². The van der Waals surface area contributed by atoms with E-state index in [-0.39, 0.29) is 11.9 Å². The number of piperidine rings is 1. The Kier molecular flexibility index (Phi) is 5.28. The minimum Gasteiger partial charge on any atom is -0.496 e. The number of benzene rings is 1. The first kappa shape index (κ1) is 21.4. The summed E-state index contributed by atoms with van der Waals surface area (Å²) in [6.45, 7) is 8.81. The molecule has 1 aromatic carbocycles. The number of likely N-dealkylation sites (tertiary alicyclic amines) is 1. The highest BCUT2D eigenvalue weighted by atomic mass is 16.5. The molecule has 5 unspecified atom stereocenters. The smallest absolute Gasteiger partial charge is 0.270 e. The van der Waals surface area contributed by atoms with E-state index in [0.29, 0.717) is 29.2 Å². The summed E-state index contributed by atoms with van der Waals surface area (Å²) in [6.07, 6.45) is 7.46. The fraction of sp³-hybridized carbons (Fsp3) is 0.556. The molecule has 5 heteroatoms. The maximum atomic E-state index is 12.8. The number of aryl methyl sites for hydroxylation is 1. The number of ether oxygens (including phenoxy) is 1. The average molecular weight is 434 g/mol. The van der Waals surface area contributed by atoms with Gasteiger partial charge < -0.3 is 10.1 Å². The van der Waals surface area contributed by atoms with E-state index < -0.39 is 0 Å². The van der Waals surface area contributed by atoms with Crippen LogP contribution in [0.4, 0.5) is 0 Å². The van der Waals surface area contributed by atoms with Gasteiger partial charge in [-0.3, -0.25) is 14.7 Å². The summed E-state index contributed by atoms with van der Waals surface area (Å²) >= 11 is 0. The van der Waals surface area contributed by atoms with E-state index in [9.17, 15) is 4.79 Å². The van der Waals surface area contributed by atoms with Crippen LogP contribution >= 0.6 is 0 Å². The summed E-state index contributed by atoms with van der Waals surface area (Å²) in [7, 11) is 1.74. The first-order chi connectivity index (χ1) is 15.4. The van der Waals surface area contributed by atoms with E-state index in [1.165, 1.54) is 29.5 Å². The number of nitrogens with zero attached hydrogens (tertiary/aromatic N) is 2. The third kappa shape index (κ3) is 3.08. The van der Waals surface area contributed by atoms with Crippen LogP contribution in [0.25, 0.3) is 0 Å². The molecule has 1 amide bonds. The lowest BCUT2D eigenvalue weighted by atomic mass is 9.52. The van der Waals surface area contributed by atoms with Crippen molar-refractivity contribution in [2.75, 3.05) is 7.11 Å². The number of rotatable bonds is 6. The van der Waals surface area contributed by atoms with E-state index in [2.05, 4.69) is 55.0 Å². The van der Waals surface area contributed by atoms with Crippen molar-refractivity contribution in [1.82, 2.24) is 15.2 Å². The van der Waals surface area contributed by atoms with E-state index in [1.54, 1.807) is 7.11 Å². The Hall–Kier alpha value is -2.40. The van der Waals surface area contributed by atoms with Crippen LogP contribution in [-0.2, 0) is 6.42 Å². The van der Waals surface area contributed by atoms with Crippen LogP contribution in [0.5, 0.6) is 5.75 Å². The third-order valence-electron chi connectivity index (χ3n) is 8.76. The number of aromatic nitrogens is 1. The summed E-state index contributed by atoms with van der Waals surface area (Å²) in [6, 6.07) is 10.0. The molecule has 2 heterocycles. The average Bonchev–Trinajstić information content (AvgIpc) is 3.16. The molecular weight excluding hydrogens is 398 g/mol. The monoisotopic (exact) mass is 433 g/mol. The highest BCUT2D eigenvalue weighted by molar-refractivity contribution is 5.92. The van der Waals surface area contributed by atoms with Crippen LogP contribution in [0.3, 0.4) is 0 Å². The number of amides is 1. The summed E-state index contributed by atoms with van der Waals surface area (Å²) in [5.41, 5.74) is 6.05. The molecule has 170 valence electrons. The number of carbonyl (C=O) groups is 1. The molecule has 2 aromatic rings. The highest BCUT2D eigenvalue weighted by Crippen LogP contribution is 2.67. The molecule has 1 aliphatic heterocycles. The molecule has 2 saturated carbocycles. The van der Waals surface area contributed by atoms with Gasteiger partial charge in [-0.15, -0.1) is 0 Å². The van der Waals surface area contributed by atoms with Gasteiger partial charge in [-0.2, -0.15) is 0 Å². The molecule has 1 N–H and O–H groups in total. The Morgan fingerprint density at radius 3 is 2.69 bits per heavy atom. The number of pyridine rings is 1. The Balaban J connectivity index is 1.30. The zero-order chi connectivity index (χ0) is 22.6. The fourth-order valence-electron chi connectivity index (χ4n) is 6.78.